The molecule has 2 aromatic heterocycles. The molecule has 0 aromatic carbocycles. The Hall–Kier alpha value is -1.33. The number of aromatic nitrogens is 2. The third kappa shape index (κ3) is 2.57. The van der Waals surface area contributed by atoms with Crippen molar-refractivity contribution in [2.75, 3.05) is 0 Å². The second-order valence-electron chi connectivity index (χ2n) is 3.18. The van der Waals surface area contributed by atoms with Gasteiger partial charge in [-0.2, -0.15) is 0 Å². The van der Waals surface area contributed by atoms with E-state index in [4.69, 9.17) is 5.73 Å². The van der Waals surface area contributed by atoms with Crippen molar-refractivity contribution in [1.82, 2.24) is 9.97 Å². The Morgan fingerprint density at radius 3 is 2.87 bits per heavy atom. The Morgan fingerprint density at radius 1 is 1.40 bits per heavy atom. The van der Waals surface area contributed by atoms with Crippen LogP contribution in [0.3, 0.4) is 0 Å². The predicted octanol–water partition coefficient (Wildman–Crippen LogP) is 1.92. The number of pyridine rings is 1. The first kappa shape index (κ1) is 10.2. The highest BCUT2D eigenvalue weighted by atomic mass is 32.1. The molecule has 0 saturated heterocycles. The summed E-state index contributed by atoms with van der Waals surface area (Å²) in [5, 5.41) is 0. The molecule has 0 spiro atoms. The van der Waals surface area contributed by atoms with Crippen LogP contribution in [0.5, 0.6) is 0 Å². The van der Waals surface area contributed by atoms with Crippen molar-refractivity contribution < 1.29 is 4.39 Å². The number of rotatable bonds is 3. The van der Waals surface area contributed by atoms with Crippen molar-refractivity contribution in [2.45, 2.75) is 12.5 Å². The fraction of sp³-hybridized carbons (Fsp3) is 0.200. The Bertz CT molecular complexity index is 413. The number of thiazole rings is 1. The average molecular weight is 223 g/mol. The highest BCUT2D eigenvalue weighted by molar-refractivity contribution is 7.09. The summed E-state index contributed by atoms with van der Waals surface area (Å²) in [5.41, 5.74) is 8.39. The molecular weight excluding hydrogens is 213 g/mol. The van der Waals surface area contributed by atoms with Crippen molar-refractivity contribution >= 4 is 11.3 Å². The highest BCUT2D eigenvalue weighted by Gasteiger charge is 2.09. The molecule has 5 heteroatoms. The number of hydrogen-bond donors (Lipinski definition) is 1. The van der Waals surface area contributed by atoms with Gasteiger partial charge in [0.1, 0.15) is 5.82 Å². The fourth-order valence-electron chi connectivity index (χ4n) is 1.27. The van der Waals surface area contributed by atoms with Gasteiger partial charge in [0.15, 0.2) is 0 Å². The molecule has 0 radical (unpaired) electrons. The summed E-state index contributed by atoms with van der Waals surface area (Å²) in [7, 11) is 0. The summed E-state index contributed by atoms with van der Waals surface area (Å²) < 4.78 is 12.6. The van der Waals surface area contributed by atoms with Crippen LogP contribution in [0.1, 0.15) is 16.6 Å². The van der Waals surface area contributed by atoms with Gasteiger partial charge in [-0.05, 0) is 12.1 Å². The van der Waals surface area contributed by atoms with Crippen molar-refractivity contribution in [3.05, 3.63) is 46.4 Å². The monoisotopic (exact) mass is 223 g/mol. The third-order valence-electron chi connectivity index (χ3n) is 2.03. The van der Waals surface area contributed by atoms with Crippen LogP contribution in [-0.4, -0.2) is 9.97 Å². The van der Waals surface area contributed by atoms with Gasteiger partial charge in [0.05, 0.1) is 23.4 Å². The first-order valence-electron chi connectivity index (χ1n) is 4.50. The topological polar surface area (TPSA) is 51.8 Å². The number of hydrogen-bond acceptors (Lipinski definition) is 4. The second kappa shape index (κ2) is 4.46. The Balaban J connectivity index is 2.08. The first-order valence-corrected chi connectivity index (χ1v) is 5.38. The van der Waals surface area contributed by atoms with E-state index in [0.717, 1.165) is 4.88 Å². The maximum absolute atomic E-state index is 12.6. The summed E-state index contributed by atoms with van der Waals surface area (Å²) in [6, 6.07) is 2.78. The molecule has 2 rings (SSSR count). The summed E-state index contributed by atoms with van der Waals surface area (Å²) in [4.78, 5) is 9.01. The van der Waals surface area contributed by atoms with E-state index >= 15 is 0 Å². The molecule has 2 aromatic rings. The lowest BCUT2D eigenvalue weighted by atomic mass is 10.1. The molecule has 15 heavy (non-hydrogen) atoms. The second-order valence-corrected chi connectivity index (χ2v) is 4.15. The summed E-state index contributed by atoms with van der Waals surface area (Å²) in [6.07, 6.45) is 3.65. The molecule has 0 fully saturated rings. The van der Waals surface area contributed by atoms with Gasteiger partial charge in [-0.1, -0.05) is 0 Å². The Morgan fingerprint density at radius 2 is 2.27 bits per heavy atom. The van der Waals surface area contributed by atoms with E-state index in [1.807, 2.05) is 0 Å². The van der Waals surface area contributed by atoms with Crippen LogP contribution in [0.2, 0.25) is 0 Å². The van der Waals surface area contributed by atoms with Crippen LogP contribution in [-0.2, 0) is 6.42 Å². The lowest BCUT2D eigenvalue weighted by Crippen LogP contribution is -2.14. The molecule has 78 valence electrons. The van der Waals surface area contributed by atoms with E-state index in [0.29, 0.717) is 12.1 Å². The van der Waals surface area contributed by atoms with Crippen LogP contribution in [0.25, 0.3) is 0 Å². The van der Waals surface area contributed by atoms with Gasteiger partial charge < -0.3 is 5.73 Å². The zero-order valence-corrected chi connectivity index (χ0v) is 8.75. The van der Waals surface area contributed by atoms with Crippen LogP contribution in [0.4, 0.5) is 4.39 Å². The van der Waals surface area contributed by atoms with Crippen LogP contribution < -0.4 is 5.73 Å². The molecule has 0 aliphatic carbocycles. The maximum Gasteiger partial charge on any atom is 0.141 e. The van der Waals surface area contributed by atoms with Crippen LogP contribution in [0, 0.1) is 5.82 Å². The summed E-state index contributed by atoms with van der Waals surface area (Å²) in [5.74, 6) is -0.344. The smallest absolute Gasteiger partial charge is 0.141 e. The minimum absolute atomic E-state index is 0.203. The SMILES string of the molecule is NC(Cc1cncs1)c1ccc(F)cn1. The van der Waals surface area contributed by atoms with Gasteiger partial charge in [0.2, 0.25) is 0 Å². The van der Waals surface area contributed by atoms with Gasteiger partial charge >= 0.3 is 0 Å². The van der Waals surface area contributed by atoms with E-state index < -0.39 is 0 Å². The number of nitrogens with zero attached hydrogens (tertiary/aromatic N) is 2. The zero-order valence-electron chi connectivity index (χ0n) is 7.93. The molecule has 0 amide bonds. The quantitative estimate of drug-likeness (QED) is 0.864. The fourth-order valence-corrected chi connectivity index (χ4v) is 1.93. The van der Waals surface area contributed by atoms with Crippen molar-refractivity contribution in [3.8, 4) is 0 Å². The van der Waals surface area contributed by atoms with Crippen molar-refractivity contribution in [1.29, 1.82) is 0 Å². The summed E-state index contributed by atoms with van der Waals surface area (Å²) in [6.45, 7) is 0. The number of nitrogens with two attached hydrogens (primary N) is 1. The van der Waals surface area contributed by atoms with E-state index in [1.54, 1.807) is 29.1 Å². The molecular formula is C10H10FN3S. The zero-order chi connectivity index (χ0) is 10.7. The molecule has 2 heterocycles. The van der Waals surface area contributed by atoms with Crippen molar-refractivity contribution in [3.63, 3.8) is 0 Å². The number of halogens is 1. The molecule has 2 N–H and O–H groups in total. The van der Waals surface area contributed by atoms with Crippen molar-refractivity contribution in [2.24, 2.45) is 5.73 Å². The lowest BCUT2D eigenvalue weighted by molar-refractivity contribution is 0.612. The minimum Gasteiger partial charge on any atom is -0.322 e. The normalized spacial score (nSPS) is 12.7. The predicted molar refractivity (Wildman–Crippen MR) is 56.9 cm³/mol. The van der Waals surface area contributed by atoms with Gasteiger partial charge in [0.25, 0.3) is 0 Å². The highest BCUT2D eigenvalue weighted by Crippen LogP contribution is 2.16. The van der Waals surface area contributed by atoms with Gasteiger partial charge in [-0.25, -0.2) is 4.39 Å². The molecule has 1 unspecified atom stereocenters. The Kier molecular flexibility index (Phi) is 3.03. The van der Waals surface area contributed by atoms with Crippen LogP contribution in [0.15, 0.2) is 30.0 Å². The van der Waals surface area contributed by atoms with Crippen LogP contribution >= 0.6 is 11.3 Å². The van der Waals surface area contributed by atoms with E-state index in [9.17, 15) is 4.39 Å². The standard InChI is InChI=1S/C10H10FN3S/c11-7-1-2-10(14-4-7)9(12)3-8-5-13-6-15-8/h1-2,4-6,9H,3,12H2. The van der Waals surface area contributed by atoms with Gasteiger partial charge in [-0.3, -0.25) is 9.97 Å². The molecule has 0 aliphatic heterocycles. The van der Waals surface area contributed by atoms with E-state index in [2.05, 4.69) is 9.97 Å². The van der Waals surface area contributed by atoms with Gasteiger partial charge in [-0.15, -0.1) is 11.3 Å². The average Bonchev–Trinajstić information content (AvgIpc) is 2.71. The third-order valence-corrected chi connectivity index (χ3v) is 2.84. The molecule has 0 aliphatic rings. The van der Waals surface area contributed by atoms with Gasteiger partial charge in [0, 0.05) is 17.5 Å². The molecule has 1 atom stereocenters. The molecule has 3 nitrogen and oxygen atoms in total. The molecule has 0 saturated carbocycles. The minimum atomic E-state index is -0.344. The van der Waals surface area contributed by atoms with E-state index in [-0.39, 0.29) is 11.9 Å². The summed E-state index contributed by atoms with van der Waals surface area (Å²) >= 11 is 1.56. The molecule has 0 bridgehead atoms. The lowest BCUT2D eigenvalue weighted by Gasteiger charge is -2.08. The maximum atomic E-state index is 12.6. The van der Waals surface area contributed by atoms with E-state index in [1.165, 1.54) is 12.3 Å². The largest absolute Gasteiger partial charge is 0.322 e. The first-order chi connectivity index (χ1) is 7.25. The Labute approximate surface area is 90.8 Å².